The summed E-state index contributed by atoms with van der Waals surface area (Å²) in [5, 5.41) is 9.32. The molecule has 5 heteroatoms. The third-order valence-corrected chi connectivity index (χ3v) is 4.40. The molecule has 1 aromatic carbocycles. The molecular formula is C17H25NO3S. The fourth-order valence-corrected chi connectivity index (χ4v) is 2.83. The van der Waals surface area contributed by atoms with E-state index in [-0.39, 0.29) is 5.75 Å². The van der Waals surface area contributed by atoms with Gasteiger partial charge >= 0.3 is 0 Å². The summed E-state index contributed by atoms with van der Waals surface area (Å²) < 4.78 is 25.2. The second-order valence-corrected chi connectivity index (χ2v) is 7.59. The topological polar surface area (TPSA) is 57.6 Å². The molecule has 0 radical (unpaired) electrons. The molecule has 0 aromatic heterocycles. The number of hydrogen-bond donors (Lipinski definition) is 1. The lowest BCUT2D eigenvalue weighted by Crippen LogP contribution is -2.30. The van der Waals surface area contributed by atoms with Crippen molar-refractivity contribution in [2.75, 3.05) is 17.1 Å². The molecule has 0 fully saturated rings. The van der Waals surface area contributed by atoms with Crippen LogP contribution in [0.2, 0.25) is 0 Å². The van der Waals surface area contributed by atoms with Crippen molar-refractivity contribution in [3.8, 4) is 5.75 Å². The molecule has 1 N–H and O–H groups in total. The van der Waals surface area contributed by atoms with Gasteiger partial charge in [0.25, 0.3) is 0 Å². The summed E-state index contributed by atoms with van der Waals surface area (Å²) >= 11 is 0. The number of sulfonamides is 1. The first-order chi connectivity index (χ1) is 10.2. The molecule has 122 valence electrons. The number of rotatable bonds is 7. The molecule has 0 unspecified atom stereocenters. The zero-order valence-electron chi connectivity index (χ0n) is 13.7. The maximum absolute atomic E-state index is 12.0. The van der Waals surface area contributed by atoms with E-state index in [1.165, 1.54) is 28.3 Å². The molecule has 22 heavy (non-hydrogen) atoms. The number of nitrogens with zero attached hydrogens (tertiary/aromatic N) is 1. The van der Waals surface area contributed by atoms with E-state index in [0.29, 0.717) is 12.2 Å². The predicted molar refractivity (Wildman–Crippen MR) is 92.7 cm³/mol. The van der Waals surface area contributed by atoms with Crippen LogP contribution < -0.4 is 4.31 Å². The zero-order valence-corrected chi connectivity index (χ0v) is 14.5. The summed E-state index contributed by atoms with van der Waals surface area (Å²) in [6.45, 7) is 6.44. The Morgan fingerprint density at radius 1 is 1.14 bits per heavy atom. The lowest BCUT2D eigenvalue weighted by Gasteiger charge is -2.21. The molecule has 0 aliphatic heterocycles. The van der Waals surface area contributed by atoms with E-state index in [9.17, 15) is 13.5 Å². The van der Waals surface area contributed by atoms with Crippen molar-refractivity contribution in [1.82, 2.24) is 0 Å². The molecule has 0 amide bonds. The van der Waals surface area contributed by atoms with Gasteiger partial charge in [0.2, 0.25) is 10.0 Å². The molecule has 0 aliphatic rings. The van der Waals surface area contributed by atoms with Crippen LogP contribution in [-0.2, 0) is 10.0 Å². The Hall–Kier alpha value is -1.75. The van der Waals surface area contributed by atoms with Crippen LogP contribution >= 0.6 is 0 Å². The number of allylic oxidation sites excluding steroid dienone is 3. The van der Waals surface area contributed by atoms with E-state index in [2.05, 4.69) is 19.9 Å². The Kier molecular flexibility index (Phi) is 6.68. The second kappa shape index (κ2) is 8.03. The monoisotopic (exact) mass is 323 g/mol. The van der Waals surface area contributed by atoms with E-state index >= 15 is 0 Å². The SMILES string of the molecule is CC(C)=CCC/C(C)=C/CN(c1ccc(O)cc1)S(C)(=O)=O. The normalized spacial score (nSPS) is 12.1. The third kappa shape index (κ3) is 6.35. The molecule has 0 saturated heterocycles. The summed E-state index contributed by atoms with van der Waals surface area (Å²) in [5.74, 6) is 0.116. The van der Waals surface area contributed by atoms with Gasteiger partial charge < -0.3 is 5.11 Å². The van der Waals surface area contributed by atoms with E-state index in [1.807, 2.05) is 13.0 Å². The fraction of sp³-hybridized carbons (Fsp3) is 0.412. The van der Waals surface area contributed by atoms with Crippen LogP contribution in [0.5, 0.6) is 5.75 Å². The highest BCUT2D eigenvalue weighted by molar-refractivity contribution is 7.92. The van der Waals surface area contributed by atoms with Gasteiger partial charge in [-0.1, -0.05) is 23.3 Å². The highest BCUT2D eigenvalue weighted by atomic mass is 32.2. The van der Waals surface area contributed by atoms with E-state index < -0.39 is 10.0 Å². The zero-order chi connectivity index (χ0) is 16.8. The average molecular weight is 323 g/mol. The van der Waals surface area contributed by atoms with Gasteiger partial charge in [0.05, 0.1) is 18.5 Å². The fourth-order valence-electron chi connectivity index (χ4n) is 1.98. The van der Waals surface area contributed by atoms with Crippen molar-refractivity contribution in [1.29, 1.82) is 0 Å². The van der Waals surface area contributed by atoms with Crippen LogP contribution in [0.15, 0.2) is 47.6 Å². The van der Waals surface area contributed by atoms with Gasteiger partial charge in [0, 0.05) is 0 Å². The average Bonchev–Trinajstić information content (AvgIpc) is 2.39. The summed E-state index contributed by atoms with van der Waals surface area (Å²) in [5.41, 5.74) is 2.99. The number of aromatic hydroxyl groups is 1. The molecule has 0 spiro atoms. The van der Waals surface area contributed by atoms with Crippen LogP contribution in [0.25, 0.3) is 0 Å². The quantitative estimate of drug-likeness (QED) is 0.775. The van der Waals surface area contributed by atoms with Gasteiger partial charge in [0.1, 0.15) is 5.75 Å². The van der Waals surface area contributed by atoms with Crippen molar-refractivity contribution in [3.63, 3.8) is 0 Å². The molecule has 0 aliphatic carbocycles. The lowest BCUT2D eigenvalue weighted by atomic mass is 10.1. The highest BCUT2D eigenvalue weighted by Crippen LogP contribution is 2.21. The predicted octanol–water partition coefficient (Wildman–Crippen LogP) is 3.85. The van der Waals surface area contributed by atoms with Crippen LogP contribution in [0.1, 0.15) is 33.6 Å². The van der Waals surface area contributed by atoms with Crippen molar-refractivity contribution < 1.29 is 13.5 Å². The molecule has 0 saturated carbocycles. The van der Waals surface area contributed by atoms with E-state index in [0.717, 1.165) is 18.4 Å². The summed E-state index contributed by atoms with van der Waals surface area (Å²) in [6.07, 6.45) is 7.17. The lowest BCUT2D eigenvalue weighted by molar-refractivity contribution is 0.475. The minimum atomic E-state index is -3.37. The highest BCUT2D eigenvalue weighted by Gasteiger charge is 2.15. The molecule has 0 heterocycles. The first-order valence-electron chi connectivity index (χ1n) is 7.26. The Morgan fingerprint density at radius 3 is 2.23 bits per heavy atom. The van der Waals surface area contributed by atoms with Crippen molar-refractivity contribution in [3.05, 3.63) is 47.6 Å². The van der Waals surface area contributed by atoms with Gasteiger partial charge in [-0.15, -0.1) is 0 Å². The van der Waals surface area contributed by atoms with Gasteiger partial charge in [0.15, 0.2) is 0 Å². The third-order valence-electron chi connectivity index (χ3n) is 3.23. The molecule has 1 aromatic rings. The number of benzene rings is 1. The van der Waals surface area contributed by atoms with Gasteiger partial charge in [-0.05, 0) is 57.9 Å². The number of hydrogen-bond acceptors (Lipinski definition) is 3. The Balaban J connectivity index is 2.83. The van der Waals surface area contributed by atoms with Crippen LogP contribution in [0.3, 0.4) is 0 Å². The van der Waals surface area contributed by atoms with E-state index in [1.54, 1.807) is 12.1 Å². The maximum atomic E-state index is 12.0. The van der Waals surface area contributed by atoms with Crippen molar-refractivity contribution in [2.45, 2.75) is 33.6 Å². The Morgan fingerprint density at radius 2 is 1.73 bits per heavy atom. The van der Waals surface area contributed by atoms with Crippen molar-refractivity contribution >= 4 is 15.7 Å². The van der Waals surface area contributed by atoms with Gasteiger partial charge in [-0.2, -0.15) is 0 Å². The number of phenols is 1. The minimum absolute atomic E-state index is 0.116. The maximum Gasteiger partial charge on any atom is 0.232 e. The Labute approximate surface area is 133 Å². The first-order valence-corrected chi connectivity index (χ1v) is 9.10. The molecule has 1 rings (SSSR count). The smallest absolute Gasteiger partial charge is 0.232 e. The first kappa shape index (κ1) is 18.3. The van der Waals surface area contributed by atoms with Crippen molar-refractivity contribution in [2.24, 2.45) is 0 Å². The second-order valence-electron chi connectivity index (χ2n) is 5.68. The molecule has 0 atom stereocenters. The standard InChI is InChI=1S/C17H25NO3S/c1-14(2)6-5-7-15(3)12-13-18(22(4,20)21)16-8-10-17(19)11-9-16/h6,8-12,19H,5,7,13H2,1-4H3/b15-12+. The summed E-state index contributed by atoms with van der Waals surface area (Å²) in [6, 6.07) is 6.17. The van der Waals surface area contributed by atoms with Gasteiger partial charge in [-0.25, -0.2) is 8.42 Å². The van der Waals surface area contributed by atoms with Crippen LogP contribution in [0, 0.1) is 0 Å². The van der Waals surface area contributed by atoms with Gasteiger partial charge in [-0.3, -0.25) is 4.31 Å². The molecule has 4 nitrogen and oxygen atoms in total. The Bertz CT molecular complexity index is 639. The van der Waals surface area contributed by atoms with E-state index in [4.69, 9.17) is 0 Å². The molecular weight excluding hydrogens is 298 g/mol. The van der Waals surface area contributed by atoms with Crippen LogP contribution in [0.4, 0.5) is 5.69 Å². The van der Waals surface area contributed by atoms with Crippen LogP contribution in [-0.4, -0.2) is 26.3 Å². The number of anilines is 1. The summed E-state index contributed by atoms with van der Waals surface area (Å²) in [4.78, 5) is 0. The summed E-state index contributed by atoms with van der Waals surface area (Å²) in [7, 11) is -3.37. The molecule has 0 bridgehead atoms. The largest absolute Gasteiger partial charge is 0.508 e. The minimum Gasteiger partial charge on any atom is -0.508 e. The number of phenolic OH excluding ortho intramolecular Hbond substituents is 1.